The summed E-state index contributed by atoms with van der Waals surface area (Å²) < 4.78 is 28.8. The Morgan fingerprint density at radius 3 is 2.32 bits per heavy atom. The lowest BCUT2D eigenvalue weighted by molar-refractivity contribution is -0.0561. The van der Waals surface area contributed by atoms with Crippen LogP contribution < -0.4 is 4.72 Å². The third kappa shape index (κ3) is 2.60. The van der Waals surface area contributed by atoms with Crippen LogP contribution in [0.3, 0.4) is 0 Å². The second-order valence-electron chi connectivity index (χ2n) is 7.92. The van der Waals surface area contributed by atoms with Crippen LogP contribution in [-0.4, -0.2) is 24.7 Å². The van der Waals surface area contributed by atoms with Crippen molar-refractivity contribution in [3.05, 3.63) is 12.4 Å². The highest BCUT2D eigenvalue weighted by atomic mass is 32.2. The third-order valence-electron chi connectivity index (χ3n) is 6.10. The largest absolute Gasteiger partial charge is 0.274 e. The molecule has 1 heterocycles. The van der Waals surface area contributed by atoms with Crippen molar-refractivity contribution in [1.29, 1.82) is 0 Å². The molecule has 4 saturated carbocycles. The number of sulfonamides is 1. The smallest absolute Gasteiger partial charge is 0.243 e. The van der Waals surface area contributed by atoms with E-state index >= 15 is 0 Å². The van der Waals surface area contributed by atoms with E-state index in [1.807, 2.05) is 0 Å². The summed E-state index contributed by atoms with van der Waals surface area (Å²) in [5.74, 6) is 2.75. The number of rotatable bonds is 5. The minimum Gasteiger partial charge on any atom is -0.274 e. The molecule has 0 amide bonds. The molecule has 0 aliphatic heterocycles. The first-order valence-corrected chi connectivity index (χ1v) is 9.91. The number of nitrogens with zero attached hydrogens (tertiary/aromatic N) is 2. The summed E-state index contributed by atoms with van der Waals surface area (Å²) in [6, 6.07) is 0. The van der Waals surface area contributed by atoms with Gasteiger partial charge in [-0.25, -0.2) is 13.1 Å². The van der Waals surface area contributed by atoms with Crippen LogP contribution in [-0.2, 0) is 17.1 Å². The molecule has 0 atom stereocenters. The Bertz CT molecular complexity index is 629. The van der Waals surface area contributed by atoms with Crippen LogP contribution in [0.1, 0.15) is 44.9 Å². The Labute approximate surface area is 132 Å². The lowest BCUT2D eigenvalue weighted by Gasteiger charge is -2.57. The fraction of sp³-hybridized carbons (Fsp3) is 0.812. The van der Waals surface area contributed by atoms with Gasteiger partial charge in [0, 0.05) is 19.8 Å². The van der Waals surface area contributed by atoms with E-state index in [1.54, 1.807) is 13.2 Å². The molecule has 4 aliphatic carbocycles. The van der Waals surface area contributed by atoms with Crippen LogP contribution in [0.5, 0.6) is 0 Å². The van der Waals surface area contributed by atoms with E-state index in [0.29, 0.717) is 12.0 Å². The van der Waals surface area contributed by atoms with Crippen molar-refractivity contribution in [3.8, 4) is 0 Å². The second kappa shape index (κ2) is 5.06. The van der Waals surface area contributed by atoms with Crippen LogP contribution in [0, 0.1) is 23.2 Å². The van der Waals surface area contributed by atoms with Gasteiger partial charge >= 0.3 is 0 Å². The van der Waals surface area contributed by atoms with E-state index in [-0.39, 0.29) is 4.90 Å². The third-order valence-corrected chi connectivity index (χ3v) is 7.52. The zero-order valence-corrected chi connectivity index (χ0v) is 14.0. The van der Waals surface area contributed by atoms with Gasteiger partial charge in [-0.15, -0.1) is 0 Å². The van der Waals surface area contributed by atoms with Crippen LogP contribution in [0.15, 0.2) is 17.3 Å². The molecule has 4 fully saturated rings. The Hall–Kier alpha value is -0.880. The summed E-state index contributed by atoms with van der Waals surface area (Å²) in [4.78, 5) is 0.264. The fourth-order valence-electron chi connectivity index (χ4n) is 5.67. The molecule has 5 nitrogen and oxygen atoms in total. The monoisotopic (exact) mass is 323 g/mol. The Balaban J connectivity index is 1.39. The maximum absolute atomic E-state index is 12.3. The minimum atomic E-state index is -3.41. The van der Waals surface area contributed by atoms with Gasteiger partial charge in [0.2, 0.25) is 10.0 Å². The van der Waals surface area contributed by atoms with Crippen molar-refractivity contribution in [1.82, 2.24) is 14.5 Å². The maximum Gasteiger partial charge on any atom is 0.243 e. The zero-order valence-electron chi connectivity index (χ0n) is 13.2. The van der Waals surface area contributed by atoms with E-state index in [4.69, 9.17) is 0 Å². The second-order valence-corrected chi connectivity index (χ2v) is 9.68. The van der Waals surface area contributed by atoms with Crippen LogP contribution in [0.2, 0.25) is 0 Å². The number of hydrogen-bond acceptors (Lipinski definition) is 3. The van der Waals surface area contributed by atoms with Crippen molar-refractivity contribution in [2.45, 2.75) is 49.8 Å². The van der Waals surface area contributed by atoms with Crippen LogP contribution >= 0.6 is 0 Å². The van der Waals surface area contributed by atoms with Crippen molar-refractivity contribution in [2.75, 3.05) is 6.54 Å². The van der Waals surface area contributed by atoms with Crippen molar-refractivity contribution in [3.63, 3.8) is 0 Å². The van der Waals surface area contributed by atoms with Gasteiger partial charge in [-0.3, -0.25) is 4.68 Å². The fourth-order valence-corrected chi connectivity index (χ4v) is 6.68. The van der Waals surface area contributed by atoms with Gasteiger partial charge in [0.05, 0.1) is 6.20 Å². The predicted molar refractivity (Wildman–Crippen MR) is 83.6 cm³/mol. The highest BCUT2D eigenvalue weighted by Gasteiger charge is 2.50. The van der Waals surface area contributed by atoms with Gasteiger partial charge < -0.3 is 0 Å². The quantitative estimate of drug-likeness (QED) is 0.904. The summed E-state index contributed by atoms with van der Waals surface area (Å²) in [6.45, 7) is 0.559. The number of hydrogen-bond donors (Lipinski definition) is 1. The Kier molecular flexibility index (Phi) is 3.38. The van der Waals surface area contributed by atoms with Crippen molar-refractivity contribution >= 4 is 10.0 Å². The summed E-state index contributed by atoms with van der Waals surface area (Å²) in [6.07, 6.45) is 12.2. The minimum absolute atomic E-state index is 0.264. The van der Waals surface area contributed by atoms with E-state index in [2.05, 4.69) is 9.82 Å². The molecule has 0 spiro atoms. The van der Waals surface area contributed by atoms with Crippen molar-refractivity contribution < 1.29 is 8.42 Å². The average molecular weight is 323 g/mol. The maximum atomic E-state index is 12.3. The molecule has 22 heavy (non-hydrogen) atoms. The van der Waals surface area contributed by atoms with Gasteiger partial charge in [0.15, 0.2) is 0 Å². The topological polar surface area (TPSA) is 64.0 Å². The molecule has 4 bridgehead atoms. The summed E-state index contributed by atoms with van der Waals surface area (Å²) in [5.41, 5.74) is 0.423. The van der Waals surface area contributed by atoms with E-state index < -0.39 is 10.0 Å². The normalized spacial score (nSPS) is 36.9. The SMILES string of the molecule is Cn1cc(S(=O)(=O)NCCC23CC4CC(CC(C4)C2)C3)cn1. The lowest BCUT2D eigenvalue weighted by atomic mass is 9.49. The highest BCUT2D eigenvalue weighted by Crippen LogP contribution is 2.61. The molecule has 0 saturated heterocycles. The molecule has 0 aromatic carbocycles. The predicted octanol–water partition coefficient (Wildman–Crippen LogP) is 2.30. The molecule has 122 valence electrons. The van der Waals surface area contributed by atoms with Crippen molar-refractivity contribution in [2.24, 2.45) is 30.2 Å². The number of aromatic nitrogens is 2. The molecule has 6 heteroatoms. The first-order valence-electron chi connectivity index (χ1n) is 8.42. The first kappa shape index (κ1) is 14.7. The van der Waals surface area contributed by atoms with Crippen LogP contribution in [0.25, 0.3) is 0 Å². The van der Waals surface area contributed by atoms with Crippen LogP contribution in [0.4, 0.5) is 0 Å². The van der Waals surface area contributed by atoms with Gasteiger partial charge in [-0.2, -0.15) is 5.10 Å². The molecule has 1 aromatic heterocycles. The molecule has 0 radical (unpaired) electrons. The summed E-state index contributed by atoms with van der Waals surface area (Å²) in [5, 5.41) is 3.94. The standard InChI is InChI=1S/C16H25N3O2S/c1-19-11-15(10-17-19)22(20,21)18-3-2-16-7-12-4-13(8-16)6-14(5-12)9-16/h10-14,18H,2-9H2,1H3. The molecule has 1 N–H and O–H groups in total. The van der Waals surface area contributed by atoms with Gasteiger partial charge in [0.25, 0.3) is 0 Å². The lowest BCUT2D eigenvalue weighted by Crippen LogP contribution is -2.47. The van der Waals surface area contributed by atoms with E-state index in [1.165, 1.54) is 49.4 Å². The molecule has 1 aromatic rings. The average Bonchev–Trinajstić information content (AvgIpc) is 2.84. The molecule has 5 rings (SSSR count). The highest BCUT2D eigenvalue weighted by molar-refractivity contribution is 7.89. The Morgan fingerprint density at radius 1 is 1.23 bits per heavy atom. The summed E-state index contributed by atoms with van der Waals surface area (Å²) >= 11 is 0. The van der Waals surface area contributed by atoms with Gasteiger partial charge in [-0.05, 0) is 68.1 Å². The van der Waals surface area contributed by atoms with E-state index in [0.717, 1.165) is 24.2 Å². The van der Waals surface area contributed by atoms with Gasteiger partial charge in [-0.1, -0.05) is 0 Å². The Morgan fingerprint density at radius 2 is 1.82 bits per heavy atom. The first-order chi connectivity index (χ1) is 10.4. The van der Waals surface area contributed by atoms with Gasteiger partial charge in [0.1, 0.15) is 4.90 Å². The number of aryl methyl sites for hydroxylation is 1. The molecule has 4 aliphatic rings. The molecule has 0 unspecified atom stereocenters. The summed E-state index contributed by atoms with van der Waals surface area (Å²) in [7, 11) is -1.68. The zero-order chi connectivity index (χ0) is 15.4. The number of nitrogens with one attached hydrogen (secondary N) is 1. The molecular weight excluding hydrogens is 298 g/mol. The van der Waals surface area contributed by atoms with E-state index in [9.17, 15) is 8.42 Å². The molecular formula is C16H25N3O2S.